The third-order valence-electron chi connectivity index (χ3n) is 2.67. The summed E-state index contributed by atoms with van der Waals surface area (Å²) in [4.78, 5) is 14.5. The highest BCUT2D eigenvalue weighted by atomic mass is 35.5. The smallest absolute Gasteiger partial charge is 0.291 e. The fourth-order valence-corrected chi connectivity index (χ4v) is 2.02. The van der Waals surface area contributed by atoms with Gasteiger partial charge >= 0.3 is 5.70 Å². The van der Waals surface area contributed by atoms with E-state index in [4.69, 9.17) is 23.2 Å². The van der Waals surface area contributed by atoms with Crippen molar-refractivity contribution in [1.82, 2.24) is 5.01 Å². The average Bonchev–Trinajstić information content (AvgIpc) is 2.37. The Morgan fingerprint density at radius 1 is 1.42 bits per heavy atom. The number of allylic oxidation sites excluding steroid dienone is 1. The van der Waals surface area contributed by atoms with E-state index in [0.29, 0.717) is 0 Å². The molecule has 0 radical (unpaired) electrons. The Morgan fingerprint density at radius 2 is 2.05 bits per heavy atom. The Kier molecular flexibility index (Phi) is 3.79. The largest absolute Gasteiger partial charge is 0.326 e. The highest BCUT2D eigenvalue weighted by molar-refractivity contribution is 6.31. The number of nitrogens with two attached hydrogens (primary N) is 2. The Hall–Kier alpha value is -1.96. The molecule has 0 saturated carbocycles. The molecule has 0 spiro atoms. The molecule has 0 amide bonds. The van der Waals surface area contributed by atoms with Crippen LogP contribution in [0.5, 0.6) is 0 Å². The van der Waals surface area contributed by atoms with Crippen LogP contribution in [0.2, 0.25) is 0 Å². The number of nitro groups is 1. The Morgan fingerprint density at radius 3 is 2.63 bits per heavy atom. The standard InChI is InChI=1S/C11H12ClN5O2/c12-10-9(17(18)19)8(15-11(13)16(10)14)6-7-4-2-1-3-5-7/h1-5,11H,6,13-14H2. The minimum Gasteiger partial charge on any atom is -0.291 e. The van der Waals surface area contributed by atoms with Crippen LogP contribution in [0, 0.1) is 10.1 Å². The van der Waals surface area contributed by atoms with Crippen molar-refractivity contribution in [2.24, 2.45) is 16.6 Å². The first kappa shape index (κ1) is 13.5. The molecule has 19 heavy (non-hydrogen) atoms. The van der Waals surface area contributed by atoms with Gasteiger partial charge < -0.3 is 0 Å². The summed E-state index contributed by atoms with van der Waals surface area (Å²) in [6.45, 7) is 0. The maximum Gasteiger partial charge on any atom is 0.326 e. The molecule has 0 saturated heterocycles. The van der Waals surface area contributed by atoms with Gasteiger partial charge in [0.1, 0.15) is 5.71 Å². The first-order valence-corrected chi connectivity index (χ1v) is 5.83. The van der Waals surface area contributed by atoms with Gasteiger partial charge in [-0.1, -0.05) is 41.9 Å². The maximum atomic E-state index is 11.1. The van der Waals surface area contributed by atoms with E-state index in [9.17, 15) is 10.1 Å². The molecule has 2 rings (SSSR count). The van der Waals surface area contributed by atoms with Crippen molar-refractivity contribution >= 4 is 17.3 Å². The fourth-order valence-electron chi connectivity index (χ4n) is 1.74. The molecule has 1 aliphatic rings. The first-order valence-electron chi connectivity index (χ1n) is 5.45. The summed E-state index contributed by atoms with van der Waals surface area (Å²) in [5, 5.41) is 11.7. The number of nitrogens with zero attached hydrogens (tertiary/aromatic N) is 3. The van der Waals surface area contributed by atoms with E-state index in [1.54, 1.807) is 0 Å². The topological polar surface area (TPSA) is 111 Å². The quantitative estimate of drug-likeness (QED) is 0.368. The van der Waals surface area contributed by atoms with E-state index < -0.39 is 11.2 Å². The second-order valence-corrected chi connectivity index (χ2v) is 4.31. The van der Waals surface area contributed by atoms with Crippen molar-refractivity contribution in [2.75, 3.05) is 0 Å². The Labute approximate surface area is 114 Å². The Balaban J connectivity index is 2.37. The van der Waals surface area contributed by atoms with Crippen LogP contribution in [0.15, 0.2) is 46.2 Å². The first-order chi connectivity index (χ1) is 9.00. The number of hydrogen-bond donors (Lipinski definition) is 2. The number of rotatable bonds is 3. The van der Waals surface area contributed by atoms with E-state index in [2.05, 4.69) is 4.99 Å². The highest BCUT2D eigenvalue weighted by Crippen LogP contribution is 2.22. The monoisotopic (exact) mass is 281 g/mol. The van der Waals surface area contributed by atoms with Gasteiger partial charge in [0.2, 0.25) is 5.16 Å². The zero-order chi connectivity index (χ0) is 14.0. The lowest BCUT2D eigenvalue weighted by Gasteiger charge is -2.26. The van der Waals surface area contributed by atoms with Gasteiger partial charge in [0.05, 0.1) is 4.92 Å². The molecule has 100 valence electrons. The average molecular weight is 282 g/mol. The predicted molar refractivity (Wildman–Crippen MR) is 71.5 cm³/mol. The molecule has 1 aromatic rings. The van der Waals surface area contributed by atoms with Gasteiger partial charge in [-0.2, -0.15) is 0 Å². The van der Waals surface area contributed by atoms with Gasteiger partial charge in [0.15, 0.2) is 6.29 Å². The van der Waals surface area contributed by atoms with Crippen LogP contribution < -0.4 is 11.6 Å². The summed E-state index contributed by atoms with van der Waals surface area (Å²) in [5.41, 5.74) is 6.43. The molecule has 0 aliphatic carbocycles. The number of benzene rings is 1. The van der Waals surface area contributed by atoms with Crippen LogP contribution in [-0.2, 0) is 6.42 Å². The molecule has 1 aromatic carbocycles. The zero-order valence-electron chi connectivity index (χ0n) is 9.86. The number of aliphatic imine (C=N–C) groups is 1. The predicted octanol–water partition coefficient (Wildman–Crippen LogP) is 0.786. The summed E-state index contributed by atoms with van der Waals surface area (Å²) in [7, 11) is 0. The molecule has 7 nitrogen and oxygen atoms in total. The summed E-state index contributed by atoms with van der Waals surface area (Å²) in [6, 6.07) is 9.22. The van der Waals surface area contributed by atoms with Crippen molar-refractivity contribution in [1.29, 1.82) is 0 Å². The SMILES string of the molecule is NC1N=C(Cc2ccccc2)C([N+](=O)[O-])=C(Cl)N1N. The van der Waals surface area contributed by atoms with Crippen molar-refractivity contribution in [3.63, 3.8) is 0 Å². The lowest BCUT2D eigenvalue weighted by Crippen LogP contribution is -2.48. The normalized spacial score (nSPS) is 19.4. The van der Waals surface area contributed by atoms with Gasteiger partial charge in [-0.25, -0.2) is 10.8 Å². The Bertz CT molecular complexity index is 557. The van der Waals surface area contributed by atoms with Crippen LogP contribution in [0.3, 0.4) is 0 Å². The molecule has 1 atom stereocenters. The third-order valence-corrected chi connectivity index (χ3v) is 3.04. The van der Waals surface area contributed by atoms with Crippen LogP contribution in [0.4, 0.5) is 0 Å². The zero-order valence-corrected chi connectivity index (χ0v) is 10.6. The van der Waals surface area contributed by atoms with Crippen molar-refractivity contribution < 1.29 is 4.92 Å². The molecule has 4 N–H and O–H groups in total. The molecular weight excluding hydrogens is 270 g/mol. The molecular formula is C11H12ClN5O2. The van der Waals surface area contributed by atoms with Gasteiger partial charge in [-0.15, -0.1) is 0 Å². The van der Waals surface area contributed by atoms with E-state index in [0.717, 1.165) is 10.6 Å². The molecule has 1 unspecified atom stereocenters. The number of halogens is 1. The number of hydrazine groups is 1. The van der Waals surface area contributed by atoms with E-state index >= 15 is 0 Å². The van der Waals surface area contributed by atoms with Gasteiger partial charge in [0, 0.05) is 6.42 Å². The van der Waals surface area contributed by atoms with E-state index in [1.807, 2.05) is 30.3 Å². The molecule has 8 heteroatoms. The number of hydrogen-bond acceptors (Lipinski definition) is 6. The van der Waals surface area contributed by atoms with Crippen molar-refractivity contribution in [3.8, 4) is 0 Å². The molecule has 1 aliphatic heterocycles. The van der Waals surface area contributed by atoms with Gasteiger partial charge in [-0.05, 0) is 5.56 Å². The molecule has 0 fully saturated rings. The van der Waals surface area contributed by atoms with Crippen LogP contribution in [-0.4, -0.2) is 21.9 Å². The van der Waals surface area contributed by atoms with Crippen LogP contribution in [0.1, 0.15) is 5.56 Å². The van der Waals surface area contributed by atoms with Crippen molar-refractivity contribution in [3.05, 3.63) is 56.9 Å². The van der Waals surface area contributed by atoms with Crippen LogP contribution >= 0.6 is 11.6 Å². The highest BCUT2D eigenvalue weighted by Gasteiger charge is 2.33. The minimum atomic E-state index is -0.921. The summed E-state index contributed by atoms with van der Waals surface area (Å²) < 4.78 is 0. The summed E-state index contributed by atoms with van der Waals surface area (Å²) >= 11 is 5.86. The third kappa shape index (κ3) is 2.73. The fraction of sp³-hybridized carbons (Fsp3) is 0.182. The maximum absolute atomic E-state index is 11.1. The molecule has 0 bridgehead atoms. The van der Waals surface area contributed by atoms with Gasteiger partial charge in [-0.3, -0.25) is 20.9 Å². The summed E-state index contributed by atoms with van der Waals surface area (Å²) in [6.07, 6.45) is -0.649. The van der Waals surface area contributed by atoms with Crippen LogP contribution in [0.25, 0.3) is 0 Å². The second kappa shape index (κ2) is 5.35. The summed E-state index contributed by atoms with van der Waals surface area (Å²) in [5.74, 6) is 5.51. The van der Waals surface area contributed by atoms with E-state index in [-0.39, 0.29) is 23.0 Å². The molecule has 1 heterocycles. The van der Waals surface area contributed by atoms with Gasteiger partial charge in [0.25, 0.3) is 0 Å². The second-order valence-electron chi connectivity index (χ2n) is 3.96. The lowest BCUT2D eigenvalue weighted by molar-refractivity contribution is -0.417. The lowest BCUT2D eigenvalue weighted by atomic mass is 10.1. The van der Waals surface area contributed by atoms with E-state index in [1.165, 1.54) is 0 Å². The minimum absolute atomic E-state index is 0.210. The molecule has 0 aromatic heterocycles. The van der Waals surface area contributed by atoms with Crippen molar-refractivity contribution in [2.45, 2.75) is 12.7 Å².